The predicted molar refractivity (Wildman–Crippen MR) is 124 cm³/mol. The molecule has 3 rings (SSSR count). The smallest absolute Gasteiger partial charge is 0.224 e. The Bertz CT molecular complexity index is 829. The van der Waals surface area contributed by atoms with Gasteiger partial charge in [0.2, 0.25) is 5.91 Å². The second-order valence-electron chi connectivity index (χ2n) is 8.09. The number of ether oxygens (including phenoxy) is 1. The molecule has 5 heteroatoms. The maximum atomic E-state index is 12.6. The highest BCUT2D eigenvalue weighted by Gasteiger charge is 2.19. The fourth-order valence-corrected chi connectivity index (χ4v) is 5.58. The van der Waals surface area contributed by atoms with Crippen molar-refractivity contribution in [2.24, 2.45) is 0 Å². The molecule has 1 aliphatic carbocycles. The van der Waals surface area contributed by atoms with Gasteiger partial charge in [0, 0.05) is 33.9 Å². The summed E-state index contributed by atoms with van der Waals surface area (Å²) in [4.78, 5) is 12.3. The fourth-order valence-electron chi connectivity index (χ4n) is 3.98. The lowest BCUT2D eigenvalue weighted by Crippen LogP contribution is -2.19. The van der Waals surface area contributed by atoms with Crippen LogP contribution in [0.25, 0.3) is 0 Å². The Labute approximate surface area is 182 Å². The molecule has 1 fully saturated rings. The Kier molecular flexibility index (Phi) is 8.94. The van der Waals surface area contributed by atoms with E-state index in [4.69, 9.17) is 4.74 Å². The third kappa shape index (κ3) is 7.28. The van der Waals surface area contributed by atoms with Crippen LogP contribution < -0.4 is 10.1 Å². The molecule has 1 atom stereocenters. The summed E-state index contributed by atoms with van der Waals surface area (Å²) in [5, 5.41) is 3.33. The summed E-state index contributed by atoms with van der Waals surface area (Å²) in [5.74, 6) is 1.48. The molecule has 1 amide bonds. The maximum Gasteiger partial charge on any atom is 0.224 e. The Hall–Kier alpha value is -2.14. The number of hydrogen-bond donors (Lipinski definition) is 1. The minimum atomic E-state index is -0.826. The van der Waals surface area contributed by atoms with Crippen molar-refractivity contribution in [3.8, 4) is 5.75 Å². The van der Waals surface area contributed by atoms with E-state index in [1.54, 1.807) is 7.11 Å². The zero-order valence-corrected chi connectivity index (χ0v) is 18.7. The summed E-state index contributed by atoms with van der Waals surface area (Å²) in [6, 6.07) is 15.9. The van der Waals surface area contributed by atoms with Crippen LogP contribution in [0.3, 0.4) is 0 Å². The van der Waals surface area contributed by atoms with Crippen LogP contribution in [0.1, 0.15) is 62.5 Å². The number of nitrogens with one attached hydrogen (secondary N) is 1. The molecule has 0 spiro atoms. The molecule has 1 N–H and O–H groups in total. The minimum absolute atomic E-state index is 0.0373. The van der Waals surface area contributed by atoms with E-state index in [0.717, 1.165) is 49.1 Å². The molecule has 2 aromatic carbocycles. The highest BCUT2D eigenvalue weighted by Crippen LogP contribution is 2.24. The van der Waals surface area contributed by atoms with Gasteiger partial charge >= 0.3 is 0 Å². The zero-order chi connectivity index (χ0) is 21.2. The molecule has 4 nitrogen and oxygen atoms in total. The summed E-state index contributed by atoms with van der Waals surface area (Å²) in [6.45, 7) is 0. The van der Waals surface area contributed by atoms with Crippen LogP contribution in [0, 0.1) is 0 Å². The van der Waals surface area contributed by atoms with Gasteiger partial charge in [-0.3, -0.25) is 9.00 Å². The third-order valence-corrected chi connectivity index (χ3v) is 7.55. The number of carbonyl (C=O) groups excluding carboxylic acids is 1. The van der Waals surface area contributed by atoms with Crippen LogP contribution in [-0.4, -0.2) is 22.5 Å². The lowest BCUT2D eigenvalue weighted by molar-refractivity contribution is -0.116. The van der Waals surface area contributed by atoms with Gasteiger partial charge in [-0.25, -0.2) is 0 Å². The number of anilines is 1. The van der Waals surface area contributed by atoms with Crippen molar-refractivity contribution < 1.29 is 13.7 Å². The van der Waals surface area contributed by atoms with Gasteiger partial charge in [0.25, 0.3) is 0 Å². The Balaban J connectivity index is 1.40. The van der Waals surface area contributed by atoms with Crippen molar-refractivity contribution in [2.75, 3.05) is 12.4 Å². The molecule has 30 heavy (non-hydrogen) atoms. The second-order valence-corrected chi connectivity index (χ2v) is 9.81. The van der Waals surface area contributed by atoms with E-state index in [2.05, 4.69) is 17.4 Å². The Morgan fingerprint density at radius 3 is 2.53 bits per heavy atom. The fraction of sp³-hybridized carbons (Fsp3) is 0.480. The number of methoxy groups -OCH3 is 1. The zero-order valence-electron chi connectivity index (χ0n) is 17.9. The molecule has 2 aromatic rings. The Morgan fingerprint density at radius 1 is 1.03 bits per heavy atom. The van der Waals surface area contributed by atoms with Gasteiger partial charge in [-0.1, -0.05) is 43.5 Å². The van der Waals surface area contributed by atoms with Gasteiger partial charge in [0.1, 0.15) is 5.75 Å². The number of amides is 1. The standard InChI is InChI=1S/C25H33NO3S/c1-29-23-16-14-20(15-17-23)8-5-6-13-25(27)26-22-10-7-9-21(18-22)19-30(28)24-11-3-2-4-12-24/h7,9-10,14-18,24H,2-6,8,11-13,19H2,1H3,(H,26,27). The van der Waals surface area contributed by atoms with Crippen LogP contribution in [-0.2, 0) is 27.8 Å². The molecule has 1 unspecified atom stereocenters. The maximum absolute atomic E-state index is 12.6. The topological polar surface area (TPSA) is 55.4 Å². The molecule has 0 saturated heterocycles. The van der Waals surface area contributed by atoms with E-state index in [-0.39, 0.29) is 5.91 Å². The molecule has 0 heterocycles. The second kappa shape index (κ2) is 11.9. The molecule has 0 bridgehead atoms. The molecule has 0 radical (unpaired) electrons. The van der Waals surface area contributed by atoms with E-state index < -0.39 is 10.8 Å². The van der Waals surface area contributed by atoms with Crippen molar-refractivity contribution >= 4 is 22.4 Å². The van der Waals surface area contributed by atoms with E-state index in [9.17, 15) is 9.00 Å². The van der Waals surface area contributed by atoms with Crippen molar-refractivity contribution in [2.45, 2.75) is 68.8 Å². The average molecular weight is 428 g/mol. The molecular weight excluding hydrogens is 394 g/mol. The van der Waals surface area contributed by atoms with Gasteiger partial charge < -0.3 is 10.1 Å². The van der Waals surface area contributed by atoms with Crippen molar-refractivity contribution in [3.05, 3.63) is 59.7 Å². The van der Waals surface area contributed by atoms with Crippen LogP contribution in [0.4, 0.5) is 5.69 Å². The van der Waals surface area contributed by atoms with Crippen LogP contribution in [0.2, 0.25) is 0 Å². The van der Waals surface area contributed by atoms with Gasteiger partial charge in [0.05, 0.1) is 7.11 Å². The Morgan fingerprint density at radius 2 is 1.80 bits per heavy atom. The highest BCUT2D eigenvalue weighted by atomic mass is 32.2. The first-order valence-electron chi connectivity index (χ1n) is 11.0. The molecule has 0 aliphatic heterocycles. The summed E-state index contributed by atoms with van der Waals surface area (Å²) < 4.78 is 17.8. The van der Waals surface area contributed by atoms with E-state index in [0.29, 0.717) is 17.4 Å². The molecule has 1 aliphatic rings. The highest BCUT2D eigenvalue weighted by molar-refractivity contribution is 7.84. The van der Waals surface area contributed by atoms with Crippen molar-refractivity contribution in [1.82, 2.24) is 0 Å². The van der Waals surface area contributed by atoms with Crippen LogP contribution in [0.5, 0.6) is 5.75 Å². The largest absolute Gasteiger partial charge is 0.497 e. The first-order chi connectivity index (χ1) is 14.6. The number of unbranched alkanes of at least 4 members (excludes halogenated alkanes) is 1. The summed E-state index contributed by atoms with van der Waals surface area (Å²) >= 11 is 0. The summed E-state index contributed by atoms with van der Waals surface area (Å²) in [5.41, 5.74) is 3.10. The van der Waals surface area contributed by atoms with Gasteiger partial charge in [0.15, 0.2) is 0 Å². The van der Waals surface area contributed by atoms with Crippen LogP contribution in [0.15, 0.2) is 48.5 Å². The van der Waals surface area contributed by atoms with Gasteiger partial charge in [-0.15, -0.1) is 0 Å². The first-order valence-corrected chi connectivity index (χ1v) is 12.4. The summed E-state index contributed by atoms with van der Waals surface area (Å²) in [6.07, 6.45) is 9.13. The summed E-state index contributed by atoms with van der Waals surface area (Å²) in [7, 11) is 0.841. The van der Waals surface area contributed by atoms with Crippen LogP contribution >= 0.6 is 0 Å². The van der Waals surface area contributed by atoms with Crippen molar-refractivity contribution in [3.63, 3.8) is 0 Å². The van der Waals surface area contributed by atoms with E-state index >= 15 is 0 Å². The normalized spacial score (nSPS) is 15.5. The molecule has 162 valence electrons. The number of hydrogen-bond acceptors (Lipinski definition) is 3. The third-order valence-electron chi connectivity index (χ3n) is 5.72. The van der Waals surface area contributed by atoms with Gasteiger partial charge in [-0.05, 0) is 67.5 Å². The number of aryl methyl sites for hydroxylation is 1. The van der Waals surface area contributed by atoms with E-state index in [1.165, 1.54) is 24.8 Å². The predicted octanol–water partition coefficient (Wildman–Crippen LogP) is 5.63. The average Bonchev–Trinajstić information content (AvgIpc) is 2.78. The number of rotatable bonds is 10. The quantitative estimate of drug-likeness (QED) is 0.500. The first kappa shape index (κ1) is 22.5. The lowest BCUT2D eigenvalue weighted by atomic mass is 10.0. The number of carbonyl (C=O) groups is 1. The SMILES string of the molecule is COc1ccc(CCCCC(=O)Nc2cccc(CS(=O)C3CCCCC3)c2)cc1. The lowest BCUT2D eigenvalue weighted by Gasteiger charge is -2.21. The monoisotopic (exact) mass is 427 g/mol. The van der Waals surface area contributed by atoms with E-state index in [1.807, 2.05) is 36.4 Å². The molecule has 1 saturated carbocycles. The van der Waals surface area contributed by atoms with Crippen molar-refractivity contribution in [1.29, 1.82) is 0 Å². The van der Waals surface area contributed by atoms with Gasteiger partial charge in [-0.2, -0.15) is 0 Å². The minimum Gasteiger partial charge on any atom is -0.497 e. The number of benzene rings is 2. The molecule has 0 aromatic heterocycles. The molecular formula is C25H33NO3S.